The monoisotopic (exact) mass is 329 g/mol. The van der Waals surface area contributed by atoms with E-state index in [1.807, 2.05) is 37.3 Å². The molecule has 1 aromatic carbocycles. The summed E-state index contributed by atoms with van der Waals surface area (Å²) in [7, 11) is 0. The van der Waals surface area contributed by atoms with Crippen molar-refractivity contribution < 1.29 is 0 Å². The quantitative estimate of drug-likeness (QED) is 0.734. The van der Waals surface area contributed by atoms with Gasteiger partial charge in [0.1, 0.15) is 6.33 Å². The zero-order chi connectivity index (χ0) is 14.1. The molecule has 3 rings (SSSR count). The summed E-state index contributed by atoms with van der Waals surface area (Å²) in [6.07, 6.45) is 3.40. The van der Waals surface area contributed by atoms with Crippen molar-refractivity contribution in [3.8, 4) is 17.2 Å². The van der Waals surface area contributed by atoms with Crippen molar-refractivity contribution in [3.05, 3.63) is 52.9 Å². The maximum Gasteiger partial charge on any atom is 0.181 e. The van der Waals surface area contributed by atoms with E-state index < -0.39 is 0 Å². The fraction of sp³-hybridized carbons (Fsp3) is 0.0714. The third-order valence-electron chi connectivity index (χ3n) is 2.90. The van der Waals surface area contributed by atoms with Gasteiger partial charge in [-0.3, -0.25) is 0 Å². The lowest BCUT2D eigenvalue weighted by molar-refractivity contribution is 0.845. The molecule has 0 fully saturated rings. The average Bonchev–Trinajstić information content (AvgIpc) is 2.92. The van der Waals surface area contributed by atoms with Crippen LogP contribution < -0.4 is 5.73 Å². The molecule has 0 radical (unpaired) electrons. The molecule has 0 amide bonds. The summed E-state index contributed by atoms with van der Waals surface area (Å²) in [6.45, 7) is 2.00. The van der Waals surface area contributed by atoms with Crippen molar-refractivity contribution in [3.63, 3.8) is 0 Å². The number of hydrogen-bond acceptors (Lipinski definition) is 4. The van der Waals surface area contributed by atoms with Gasteiger partial charge in [-0.1, -0.05) is 12.1 Å². The second-order valence-corrected chi connectivity index (χ2v) is 5.28. The summed E-state index contributed by atoms with van der Waals surface area (Å²) < 4.78 is 2.62. The van der Waals surface area contributed by atoms with Crippen molar-refractivity contribution >= 4 is 21.6 Å². The third-order valence-corrected chi connectivity index (χ3v) is 3.73. The third kappa shape index (κ3) is 2.42. The van der Waals surface area contributed by atoms with Crippen molar-refractivity contribution in [2.45, 2.75) is 6.92 Å². The van der Waals surface area contributed by atoms with Crippen LogP contribution in [-0.4, -0.2) is 19.7 Å². The Morgan fingerprint density at radius 3 is 2.80 bits per heavy atom. The number of nitrogens with zero attached hydrogens (tertiary/aromatic N) is 4. The van der Waals surface area contributed by atoms with Crippen LogP contribution in [-0.2, 0) is 0 Å². The molecule has 0 saturated carbocycles. The molecule has 100 valence electrons. The maximum absolute atomic E-state index is 5.77. The van der Waals surface area contributed by atoms with Gasteiger partial charge in [-0.25, -0.2) is 14.6 Å². The highest BCUT2D eigenvalue weighted by Crippen LogP contribution is 2.19. The Morgan fingerprint density at radius 1 is 1.20 bits per heavy atom. The number of benzene rings is 1. The molecule has 0 atom stereocenters. The van der Waals surface area contributed by atoms with Gasteiger partial charge in [-0.05, 0) is 46.6 Å². The molecule has 2 heterocycles. The van der Waals surface area contributed by atoms with Gasteiger partial charge in [0.05, 0.1) is 0 Å². The molecule has 0 saturated heterocycles. The van der Waals surface area contributed by atoms with E-state index in [1.54, 1.807) is 17.2 Å². The lowest BCUT2D eigenvalue weighted by Gasteiger charge is -2.02. The van der Waals surface area contributed by atoms with E-state index in [4.69, 9.17) is 5.73 Å². The van der Waals surface area contributed by atoms with Gasteiger partial charge >= 0.3 is 0 Å². The van der Waals surface area contributed by atoms with Crippen LogP contribution in [0, 0.1) is 6.92 Å². The maximum atomic E-state index is 5.77. The highest BCUT2D eigenvalue weighted by atomic mass is 79.9. The predicted molar refractivity (Wildman–Crippen MR) is 81.4 cm³/mol. The van der Waals surface area contributed by atoms with E-state index in [0.717, 1.165) is 21.4 Å². The molecule has 0 unspecified atom stereocenters. The number of aryl methyl sites for hydroxylation is 1. The summed E-state index contributed by atoms with van der Waals surface area (Å²) in [5.41, 5.74) is 8.44. The van der Waals surface area contributed by atoms with Crippen molar-refractivity contribution in [2.24, 2.45) is 0 Å². The largest absolute Gasteiger partial charge is 0.399 e. The second kappa shape index (κ2) is 5.05. The van der Waals surface area contributed by atoms with E-state index in [0.29, 0.717) is 11.5 Å². The molecule has 0 aliphatic carbocycles. The standard InChI is InChI=1S/C14H12BrN5/c1-9-5-13(17-7-12(9)15)20-8-18-14(19-20)10-3-2-4-11(16)6-10/h2-8H,16H2,1H3. The van der Waals surface area contributed by atoms with Gasteiger partial charge in [0.15, 0.2) is 11.6 Å². The minimum Gasteiger partial charge on any atom is -0.399 e. The summed E-state index contributed by atoms with van der Waals surface area (Å²) in [6, 6.07) is 9.44. The zero-order valence-corrected chi connectivity index (χ0v) is 12.4. The van der Waals surface area contributed by atoms with Gasteiger partial charge in [0, 0.05) is 21.9 Å². The van der Waals surface area contributed by atoms with Crippen LogP contribution in [0.3, 0.4) is 0 Å². The Morgan fingerprint density at radius 2 is 2.05 bits per heavy atom. The van der Waals surface area contributed by atoms with E-state index in [9.17, 15) is 0 Å². The molecule has 6 heteroatoms. The number of rotatable bonds is 2. The fourth-order valence-corrected chi connectivity index (χ4v) is 2.05. The molecule has 0 aliphatic rings. The van der Waals surface area contributed by atoms with Crippen LogP contribution in [0.2, 0.25) is 0 Å². The van der Waals surface area contributed by atoms with Crippen molar-refractivity contribution in [1.82, 2.24) is 19.7 Å². The number of nitrogens with two attached hydrogens (primary N) is 1. The number of anilines is 1. The van der Waals surface area contributed by atoms with Gasteiger partial charge in [0.25, 0.3) is 0 Å². The minimum atomic E-state index is 0.625. The van der Waals surface area contributed by atoms with Crippen LogP contribution in [0.5, 0.6) is 0 Å². The lowest BCUT2D eigenvalue weighted by Crippen LogP contribution is -1.99. The first-order chi connectivity index (χ1) is 9.63. The summed E-state index contributed by atoms with van der Waals surface area (Å²) in [5, 5.41) is 4.43. The Bertz CT molecular complexity index is 766. The van der Waals surface area contributed by atoms with E-state index >= 15 is 0 Å². The molecule has 0 spiro atoms. The number of halogens is 1. The smallest absolute Gasteiger partial charge is 0.181 e. The van der Waals surface area contributed by atoms with Gasteiger partial charge < -0.3 is 5.73 Å². The zero-order valence-electron chi connectivity index (χ0n) is 10.8. The molecule has 20 heavy (non-hydrogen) atoms. The minimum absolute atomic E-state index is 0.625. The Labute approximate surface area is 124 Å². The van der Waals surface area contributed by atoms with Crippen LogP contribution in [0.4, 0.5) is 5.69 Å². The van der Waals surface area contributed by atoms with Gasteiger partial charge in [-0.15, -0.1) is 5.10 Å². The summed E-state index contributed by atoms with van der Waals surface area (Å²) >= 11 is 3.43. The van der Waals surface area contributed by atoms with Crippen LogP contribution in [0.15, 0.2) is 47.3 Å². The van der Waals surface area contributed by atoms with Crippen LogP contribution in [0.1, 0.15) is 5.56 Å². The molecule has 2 aromatic heterocycles. The molecule has 0 bridgehead atoms. The summed E-state index contributed by atoms with van der Waals surface area (Å²) in [4.78, 5) is 8.62. The lowest BCUT2D eigenvalue weighted by atomic mass is 10.2. The van der Waals surface area contributed by atoms with Crippen LogP contribution >= 0.6 is 15.9 Å². The predicted octanol–water partition coefficient (Wildman–Crippen LogP) is 2.98. The van der Waals surface area contributed by atoms with E-state index in [2.05, 4.69) is 31.0 Å². The Balaban J connectivity index is 1.99. The SMILES string of the molecule is Cc1cc(-n2cnc(-c3cccc(N)c3)n2)ncc1Br. The van der Waals surface area contributed by atoms with Gasteiger partial charge in [0.2, 0.25) is 0 Å². The number of hydrogen-bond donors (Lipinski definition) is 1. The topological polar surface area (TPSA) is 69.6 Å². The molecule has 0 aliphatic heterocycles. The summed E-state index contributed by atoms with van der Waals surface area (Å²) in [5.74, 6) is 1.35. The Hall–Kier alpha value is -2.21. The molecule has 2 N–H and O–H groups in total. The van der Waals surface area contributed by atoms with Crippen molar-refractivity contribution in [1.29, 1.82) is 0 Å². The molecule has 3 aromatic rings. The van der Waals surface area contributed by atoms with E-state index in [-0.39, 0.29) is 0 Å². The highest BCUT2D eigenvalue weighted by Gasteiger charge is 2.07. The second-order valence-electron chi connectivity index (χ2n) is 4.43. The Kier molecular flexibility index (Phi) is 3.23. The first-order valence-electron chi connectivity index (χ1n) is 6.03. The van der Waals surface area contributed by atoms with E-state index in [1.165, 1.54) is 0 Å². The molecular formula is C14H12BrN5. The normalized spacial score (nSPS) is 10.7. The van der Waals surface area contributed by atoms with Crippen LogP contribution in [0.25, 0.3) is 17.2 Å². The fourth-order valence-electron chi connectivity index (χ4n) is 1.83. The molecule has 5 nitrogen and oxygen atoms in total. The highest BCUT2D eigenvalue weighted by molar-refractivity contribution is 9.10. The average molecular weight is 330 g/mol. The van der Waals surface area contributed by atoms with Gasteiger partial charge in [-0.2, -0.15) is 0 Å². The number of pyridine rings is 1. The van der Waals surface area contributed by atoms with Crippen molar-refractivity contribution in [2.75, 3.05) is 5.73 Å². The number of nitrogen functional groups attached to an aromatic ring is 1. The molecular weight excluding hydrogens is 318 g/mol. The first-order valence-corrected chi connectivity index (χ1v) is 6.83. The first kappa shape index (κ1) is 12.8. The number of aromatic nitrogens is 4.